The topological polar surface area (TPSA) is 84.9 Å². The number of carbonyl (C=O) groups excluding carboxylic acids is 1. The quantitative estimate of drug-likeness (QED) is 0.816. The summed E-state index contributed by atoms with van der Waals surface area (Å²) in [6.07, 6.45) is 0.104. The zero-order valence-electron chi connectivity index (χ0n) is 14.8. The van der Waals surface area contributed by atoms with Crippen LogP contribution in [-0.4, -0.2) is 40.3 Å². The predicted molar refractivity (Wildman–Crippen MR) is 103 cm³/mol. The maximum absolute atomic E-state index is 12.6. The molecule has 1 amide bonds. The molecule has 3 rings (SSSR count). The summed E-state index contributed by atoms with van der Waals surface area (Å²) in [6, 6.07) is 11.9. The first kappa shape index (κ1) is 19.3. The maximum Gasteiger partial charge on any atom is 0.263 e. The fourth-order valence-electron chi connectivity index (χ4n) is 2.76. The molecule has 2 aromatic carbocycles. The van der Waals surface area contributed by atoms with Gasteiger partial charge in [-0.05, 0) is 35.9 Å². The van der Waals surface area contributed by atoms with Crippen molar-refractivity contribution in [2.45, 2.75) is 12.6 Å². The second-order valence-corrected chi connectivity index (χ2v) is 8.43. The Morgan fingerprint density at radius 1 is 1.33 bits per heavy atom. The number of rotatable bonds is 5. The van der Waals surface area contributed by atoms with Gasteiger partial charge in [0.25, 0.3) is 5.91 Å². The Bertz CT molecular complexity index is 964. The van der Waals surface area contributed by atoms with E-state index >= 15 is 0 Å². The number of benzene rings is 2. The summed E-state index contributed by atoms with van der Waals surface area (Å²) in [5.74, 6) is 0.564. The molecule has 1 heterocycles. The van der Waals surface area contributed by atoms with Gasteiger partial charge in [0.2, 0.25) is 10.0 Å². The molecule has 0 unspecified atom stereocenters. The number of nitrogens with zero attached hydrogens (tertiary/aromatic N) is 1. The first-order chi connectivity index (χ1) is 12.8. The van der Waals surface area contributed by atoms with Crippen LogP contribution in [-0.2, 0) is 21.4 Å². The fourth-order valence-corrected chi connectivity index (χ4v) is 3.83. The van der Waals surface area contributed by atoms with Gasteiger partial charge in [0.1, 0.15) is 11.5 Å². The van der Waals surface area contributed by atoms with Gasteiger partial charge in [-0.3, -0.25) is 9.10 Å². The molecule has 1 aliphatic heterocycles. The van der Waals surface area contributed by atoms with E-state index in [-0.39, 0.29) is 18.8 Å². The van der Waals surface area contributed by atoms with Crippen molar-refractivity contribution < 1.29 is 22.7 Å². The van der Waals surface area contributed by atoms with E-state index in [1.165, 1.54) is 6.07 Å². The van der Waals surface area contributed by atoms with E-state index in [0.717, 1.165) is 16.1 Å². The molecule has 7 nitrogen and oxygen atoms in total. The second kappa shape index (κ2) is 7.66. The molecule has 0 radical (unpaired) electrons. The highest BCUT2D eigenvalue weighted by Gasteiger charge is 2.35. The number of nitrogens with one attached hydrogen (secondary N) is 1. The molecule has 0 fully saturated rings. The number of carbonyl (C=O) groups is 1. The van der Waals surface area contributed by atoms with Crippen LogP contribution in [0.25, 0.3) is 0 Å². The van der Waals surface area contributed by atoms with Gasteiger partial charge in [0.15, 0.2) is 6.10 Å². The van der Waals surface area contributed by atoms with Crippen LogP contribution >= 0.6 is 11.6 Å². The largest absolute Gasteiger partial charge is 0.497 e. The zero-order valence-corrected chi connectivity index (χ0v) is 16.4. The Kier molecular flexibility index (Phi) is 5.48. The maximum atomic E-state index is 12.6. The summed E-state index contributed by atoms with van der Waals surface area (Å²) in [6.45, 7) is 0.137. The Morgan fingerprint density at radius 3 is 2.81 bits per heavy atom. The molecule has 1 N–H and O–H groups in total. The third kappa shape index (κ3) is 4.45. The van der Waals surface area contributed by atoms with Crippen LogP contribution in [0.2, 0.25) is 5.02 Å². The molecule has 1 atom stereocenters. The van der Waals surface area contributed by atoms with Gasteiger partial charge in [-0.2, -0.15) is 0 Å². The minimum absolute atomic E-state index is 0.129. The van der Waals surface area contributed by atoms with Crippen LogP contribution in [0.1, 0.15) is 5.56 Å². The van der Waals surface area contributed by atoms with E-state index in [2.05, 4.69) is 5.32 Å². The van der Waals surface area contributed by atoms with Crippen LogP contribution in [0.5, 0.6) is 11.5 Å². The first-order valence-corrected chi connectivity index (χ1v) is 10.3. The second-order valence-electron chi connectivity index (χ2n) is 6.08. The molecular formula is C18H19ClN2O5S. The lowest BCUT2D eigenvalue weighted by Gasteiger charge is -2.34. The van der Waals surface area contributed by atoms with Gasteiger partial charge >= 0.3 is 0 Å². The summed E-state index contributed by atoms with van der Waals surface area (Å²) in [4.78, 5) is 12.6. The summed E-state index contributed by atoms with van der Waals surface area (Å²) in [5, 5.41) is 3.15. The average molecular weight is 411 g/mol. The molecule has 0 saturated heterocycles. The van der Waals surface area contributed by atoms with E-state index in [0.29, 0.717) is 16.5 Å². The Labute approximate surface area is 162 Å². The third-order valence-electron chi connectivity index (χ3n) is 4.08. The standard InChI is InChI=1S/C18H19ClN2O5S/c1-25-14-5-3-4-12(8-14)10-20-18(22)17-11-21(27(2,23)24)15-9-13(19)6-7-16(15)26-17/h3-9,17H,10-11H2,1-2H3,(H,20,22)/t17-/m1/s1. The fraction of sp³-hybridized carbons (Fsp3) is 0.278. The van der Waals surface area contributed by atoms with E-state index < -0.39 is 22.0 Å². The highest BCUT2D eigenvalue weighted by Crippen LogP contribution is 2.37. The highest BCUT2D eigenvalue weighted by molar-refractivity contribution is 7.92. The molecule has 0 aromatic heterocycles. The molecule has 0 aliphatic carbocycles. The lowest BCUT2D eigenvalue weighted by molar-refractivity contribution is -0.127. The van der Waals surface area contributed by atoms with E-state index in [1.807, 2.05) is 24.3 Å². The third-order valence-corrected chi connectivity index (χ3v) is 5.47. The van der Waals surface area contributed by atoms with Gasteiger partial charge in [0, 0.05) is 11.6 Å². The number of methoxy groups -OCH3 is 1. The highest BCUT2D eigenvalue weighted by atomic mass is 35.5. The number of ether oxygens (including phenoxy) is 2. The van der Waals surface area contributed by atoms with Crippen molar-refractivity contribution in [2.75, 3.05) is 24.2 Å². The van der Waals surface area contributed by atoms with Crippen LogP contribution in [0.15, 0.2) is 42.5 Å². The van der Waals surface area contributed by atoms with E-state index in [9.17, 15) is 13.2 Å². The Balaban J connectivity index is 1.76. The van der Waals surface area contributed by atoms with Crippen molar-refractivity contribution in [3.8, 4) is 11.5 Å². The molecule has 2 aromatic rings. The molecule has 144 valence electrons. The van der Waals surface area contributed by atoms with E-state index in [1.54, 1.807) is 19.2 Å². The van der Waals surface area contributed by atoms with Gasteiger partial charge in [-0.25, -0.2) is 8.42 Å². The molecule has 9 heteroatoms. The monoisotopic (exact) mass is 410 g/mol. The van der Waals surface area contributed by atoms with Crippen molar-refractivity contribution in [1.29, 1.82) is 0 Å². The van der Waals surface area contributed by atoms with Crippen LogP contribution in [0, 0.1) is 0 Å². The first-order valence-electron chi connectivity index (χ1n) is 8.12. The number of hydrogen-bond acceptors (Lipinski definition) is 5. The molecule has 0 bridgehead atoms. The number of fused-ring (bicyclic) bond motifs is 1. The van der Waals surface area contributed by atoms with Crippen molar-refractivity contribution in [3.63, 3.8) is 0 Å². The number of anilines is 1. The van der Waals surface area contributed by atoms with Crippen LogP contribution in [0.3, 0.4) is 0 Å². The molecule has 0 saturated carbocycles. The van der Waals surface area contributed by atoms with Crippen molar-refractivity contribution >= 4 is 33.2 Å². The smallest absolute Gasteiger partial charge is 0.263 e. The lowest BCUT2D eigenvalue weighted by atomic mass is 10.2. The van der Waals surface area contributed by atoms with Crippen molar-refractivity contribution in [1.82, 2.24) is 5.32 Å². The van der Waals surface area contributed by atoms with Gasteiger partial charge in [-0.15, -0.1) is 0 Å². The summed E-state index contributed by atoms with van der Waals surface area (Å²) >= 11 is 5.97. The summed E-state index contributed by atoms with van der Waals surface area (Å²) in [7, 11) is -2.03. The van der Waals surface area contributed by atoms with Gasteiger partial charge in [-0.1, -0.05) is 23.7 Å². The number of hydrogen-bond donors (Lipinski definition) is 1. The minimum Gasteiger partial charge on any atom is -0.497 e. The van der Waals surface area contributed by atoms with Crippen LogP contribution in [0.4, 0.5) is 5.69 Å². The minimum atomic E-state index is -3.60. The van der Waals surface area contributed by atoms with Crippen molar-refractivity contribution in [3.05, 3.63) is 53.1 Å². The Morgan fingerprint density at radius 2 is 2.11 bits per heavy atom. The average Bonchev–Trinajstić information content (AvgIpc) is 2.64. The Hall–Kier alpha value is -2.45. The van der Waals surface area contributed by atoms with E-state index in [4.69, 9.17) is 21.1 Å². The normalized spacial score (nSPS) is 16.3. The van der Waals surface area contributed by atoms with Gasteiger partial charge in [0.05, 0.1) is 25.6 Å². The molecular weight excluding hydrogens is 392 g/mol. The number of halogens is 1. The number of amides is 1. The van der Waals surface area contributed by atoms with Crippen LogP contribution < -0.4 is 19.1 Å². The van der Waals surface area contributed by atoms with Gasteiger partial charge < -0.3 is 14.8 Å². The molecule has 0 spiro atoms. The summed E-state index contributed by atoms with van der Waals surface area (Å²) in [5.41, 5.74) is 1.17. The summed E-state index contributed by atoms with van der Waals surface area (Å²) < 4.78 is 36.3. The predicted octanol–water partition coefficient (Wildman–Crippen LogP) is 2.19. The SMILES string of the molecule is COc1cccc(CNC(=O)[C@H]2CN(S(C)(=O)=O)c3cc(Cl)ccc3O2)c1. The molecule has 27 heavy (non-hydrogen) atoms. The lowest BCUT2D eigenvalue weighted by Crippen LogP contribution is -2.50. The molecule has 1 aliphatic rings. The zero-order chi connectivity index (χ0) is 19.6. The van der Waals surface area contributed by atoms with Crippen molar-refractivity contribution in [2.24, 2.45) is 0 Å². The number of sulfonamides is 1.